The first-order chi connectivity index (χ1) is 11.9. The Labute approximate surface area is 147 Å². The highest BCUT2D eigenvalue weighted by Crippen LogP contribution is 2.26. The standard InChI is InChI=1S/C17H15FN2O3S2/c1-24(21)11-12-4-2-5-13(10-12)20-25(22,23)16-8-7-15(18)17-14(16)6-3-9-19-17/h2-10,20H,11H2,1H3. The van der Waals surface area contributed by atoms with Gasteiger partial charge in [0.2, 0.25) is 0 Å². The zero-order chi connectivity index (χ0) is 18.0. The quantitative estimate of drug-likeness (QED) is 0.740. The maximum atomic E-state index is 13.8. The van der Waals surface area contributed by atoms with Crippen molar-refractivity contribution in [1.29, 1.82) is 0 Å². The van der Waals surface area contributed by atoms with Crippen LogP contribution in [0.25, 0.3) is 10.9 Å². The van der Waals surface area contributed by atoms with Crippen LogP contribution in [0.3, 0.4) is 0 Å². The molecule has 3 rings (SSSR count). The van der Waals surface area contributed by atoms with E-state index in [1.54, 1.807) is 36.6 Å². The number of hydrogen-bond acceptors (Lipinski definition) is 4. The Balaban J connectivity index is 2.01. The van der Waals surface area contributed by atoms with Crippen LogP contribution < -0.4 is 4.72 Å². The van der Waals surface area contributed by atoms with Crippen molar-refractivity contribution < 1.29 is 17.0 Å². The molecule has 0 amide bonds. The Kier molecular flexibility index (Phi) is 4.82. The van der Waals surface area contributed by atoms with Crippen LogP contribution in [0.1, 0.15) is 5.56 Å². The van der Waals surface area contributed by atoms with E-state index in [0.717, 1.165) is 11.6 Å². The van der Waals surface area contributed by atoms with Crippen LogP contribution in [-0.2, 0) is 26.6 Å². The van der Waals surface area contributed by atoms with Crippen molar-refractivity contribution in [3.05, 3.63) is 66.1 Å². The van der Waals surface area contributed by atoms with Gasteiger partial charge in [0.15, 0.2) is 0 Å². The normalized spacial score (nSPS) is 12.9. The highest BCUT2D eigenvalue weighted by atomic mass is 32.2. The van der Waals surface area contributed by atoms with Crippen molar-refractivity contribution in [2.45, 2.75) is 10.6 Å². The number of rotatable bonds is 5. The molecule has 0 aliphatic rings. The second-order valence-corrected chi connectivity index (χ2v) is 8.55. The largest absolute Gasteiger partial charge is 0.280 e. The van der Waals surface area contributed by atoms with Crippen LogP contribution in [0.4, 0.5) is 10.1 Å². The van der Waals surface area contributed by atoms with E-state index in [1.165, 1.54) is 18.3 Å². The van der Waals surface area contributed by atoms with Crippen LogP contribution >= 0.6 is 0 Å². The summed E-state index contributed by atoms with van der Waals surface area (Å²) in [6.07, 6.45) is 2.98. The highest BCUT2D eigenvalue weighted by molar-refractivity contribution is 7.93. The average molecular weight is 378 g/mol. The lowest BCUT2D eigenvalue weighted by Gasteiger charge is -2.11. The van der Waals surface area contributed by atoms with E-state index in [9.17, 15) is 17.0 Å². The number of nitrogens with zero attached hydrogens (tertiary/aromatic N) is 1. The van der Waals surface area contributed by atoms with Crippen LogP contribution in [0, 0.1) is 5.82 Å². The summed E-state index contributed by atoms with van der Waals surface area (Å²) in [4.78, 5) is 3.85. The zero-order valence-corrected chi connectivity index (χ0v) is 14.9. The molecule has 0 saturated heterocycles. The lowest BCUT2D eigenvalue weighted by Crippen LogP contribution is -2.14. The van der Waals surface area contributed by atoms with Gasteiger partial charge in [-0.05, 0) is 42.0 Å². The molecule has 0 saturated carbocycles. The molecule has 1 N–H and O–H groups in total. The maximum Gasteiger partial charge on any atom is 0.262 e. The van der Waals surface area contributed by atoms with Gasteiger partial charge in [-0.15, -0.1) is 0 Å². The minimum Gasteiger partial charge on any atom is -0.280 e. The number of benzene rings is 2. The molecule has 130 valence electrons. The SMILES string of the molecule is CS(=O)Cc1cccc(NS(=O)(=O)c2ccc(F)c3ncccc23)c1. The molecule has 0 radical (unpaired) electrons. The van der Waals surface area contributed by atoms with Gasteiger partial charge in [0.1, 0.15) is 11.3 Å². The topological polar surface area (TPSA) is 76.1 Å². The molecule has 1 unspecified atom stereocenters. The predicted octanol–water partition coefficient (Wildman–Crippen LogP) is 3.05. The van der Waals surface area contributed by atoms with Gasteiger partial charge in [-0.3, -0.25) is 13.9 Å². The third-order valence-corrected chi connectivity index (χ3v) is 5.70. The van der Waals surface area contributed by atoms with E-state index in [4.69, 9.17) is 0 Å². The first-order valence-electron chi connectivity index (χ1n) is 7.32. The van der Waals surface area contributed by atoms with Crippen LogP contribution in [0.2, 0.25) is 0 Å². The Bertz CT molecular complexity index is 1070. The lowest BCUT2D eigenvalue weighted by molar-refractivity contribution is 0.601. The maximum absolute atomic E-state index is 13.8. The molecule has 1 atom stereocenters. The molecule has 2 aromatic carbocycles. The van der Waals surface area contributed by atoms with Crippen molar-refractivity contribution in [3.63, 3.8) is 0 Å². The van der Waals surface area contributed by atoms with Crippen LogP contribution in [-0.4, -0.2) is 23.9 Å². The molecule has 3 aromatic rings. The Morgan fingerprint density at radius 2 is 1.96 bits per heavy atom. The molecule has 0 spiro atoms. The minimum absolute atomic E-state index is 0.000468. The van der Waals surface area contributed by atoms with E-state index < -0.39 is 26.6 Å². The monoisotopic (exact) mass is 378 g/mol. The third kappa shape index (κ3) is 3.85. The van der Waals surface area contributed by atoms with Gasteiger partial charge in [0.25, 0.3) is 10.0 Å². The zero-order valence-electron chi connectivity index (χ0n) is 13.3. The Morgan fingerprint density at radius 1 is 1.16 bits per heavy atom. The van der Waals surface area contributed by atoms with E-state index in [2.05, 4.69) is 9.71 Å². The van der Waals surface area contributed by atoms with E-state index in [0.29, 0.717) is 11.4 Å². The number of pyridine rings is 1. The van der Waals surface area contributed by atoms with Gasteiger partial charge in [0.05, 0.1) is 4.90 Å². The molecule has 0 bridgehead atoms. The first kappa shape index (κ1) is 17.5. The predicted molar refractivity (Wildman–Crippen MR) is 96.7 cm³/mol. The Morgan fingerprint density at radius 3 is 2.72 bits per heavy atom. The van der Waals surface area contributed by atoms with E-state index in [1.807, 2.05) is 0 Å². The first-order valence-corrected chi connectivity index (χ1v) is 10.5. The van der Waals surface area contributed by atoms with Crippen LogP contribution in [0.15, 0.2) is 59.6 Å². The molecule has 8 heteroatoms. The van der Waals surface area contributed by atoms with Crippen molar-refractivity contribution >= 4 is 37.4 Å². The van der Waals surface area contributed by atoms with Crippen LogP contribution in [0.5, 0.6) is 0 Å². The average Bonchev–Trinajstić information content (AvgIpc) is 2.54. The molecule has 25 heavy (non-hydrogen) atoms. The van der Waals surface area contributed by atoms with Crippen molar-refractivity contribution in [2.24, 2.45) is 0 Å². The highest BCUT2D eigenvalue weighted by Gasteiger charge is 2.19. The van der Waals surface area contributed by atoms with E-state index in [-0.39, 0.29) is 15.8 Å². The number of halogens is 1. The number of nitrogens with one attached hydrogen (secondary N) is 1. The molecule has 1 heterocycles. The summed E-state index contributed by atoms with van der Waals surface area (Å²) >= 11 is 0. The molecular formula is C17H15FN2O3S2. The fraction of sp³-hybridized carbons (Fsp3) is 0.118. The molecule has 5 nitrogen and oxygen atoms in total. The molecule has 0 fully saturated rings. The summed E-state index contributed by atoms with van der Waals surface area (Å²) in [5.41, 5.74) is 1.11. The summed E-state index contributed by atoms with van der Waals surface area (Å²) in [6, 6.07) is 12.1. The summed E-state index contributed by atoms with van der Waals surface area (Å²) in [6.45, 7) is 0. The Hall–Kier alpha value is -2.32. The van der Waals surface area contributed by atoms with Gasteiger partial charge in [-0.25, -0.2) is 12.8 Å². The number of fused-ring (bicyclic) bond motifs is 1. The van der Waals surface area contributed by atoms with E-state index >= 15 is 0 Å². The number of hydrogen-bond donors (Lipinski definition) is 1. The van der Waals surface area contributed by atoms with Gasteiger partial charge in [-0.2, -0.15) is 0 Å². The molecule has 0 aliphatic heterocycles. The number of aromatic nitrogens is 1. The summed E-state index contributed by atoms with van der Waals surface area (Å²) < 4.78 is 53.1. The molecule has 0 aliphatic carbocycles. The van der Waals surface area contributed by atoms with Gasteiger partial charge >= 0.3 is 0 Å². The lowest BCUT2D eigenvalue weighted by atomic mass is 10.2. The second-order valence-electron chi connectivity index (χ2n) is 5.47. The summed E-state index contributed by atoms with van der Waals surface area (Å²) in [5, 5.41) is 0.209. The van der Waals surface area contributed by atoms with Gasteiger partial charge in [-0.1, -0.05) is 12.1 Å². The third-order valence-electron chi connectivity index (χ3n) is 3.52. The smallest absolute Gasteiger partial charge is 0.262 e. The van der Waals surface area contributed by atoms with Crippen molar-refractivity contribution in [1.82, 2.24) is 4.98 Å². The van der Waals surface area contributed by atoms with Crippen molar-refractivity contribution in [2.75, 3.05) is 11.0 Å². The number of sulfonamides is 1. The molecular weight excluding hydrogens is 363 g/mol. The number of anilines is 1. The second kappa shape index (κ2) is 6.89. The summed E-state index contributed by atoms with van der Waals surface area (Å²) in [7, 11) is -4.97. The fourth-order valence-electron chi connectivity index (χ4n) is 2.52. The van der Waals surface area contributed by atoms with Crippen molar-refractivity contribution in [3.8, 4) is 0 Å². The van der Waals surface area contributed by atoms with Gasteiger partial charge < -0.3 is 0 Å². The fourth-order valence-corrected chi connectivity index (χ4v) is 4.41. The molecule has 1 aromatic heterocycles. The summed E-state index contributed by atoms with van der Waals surface area (Å²) in [5.74, 6) is -0.249. The minimum atomic E-state index is -3.93. The van der Waals surface area contributed by atoms with Gasteiger partial charge in [0, 0.05) is 40.1 Å².